The number of benzene rings is 1. The summed E-state index contributed by atoms with van der Waals surface area (Å²) in [4.78, 5) is 28.3. The summed E-state index contributed by atoms with van der Waals surface area (Å²) in [6, 6.07) is 7.30. The smallest absolute Gasteiger partial charge is 0.228 e. The van der Waals surface area contributed by atoms with E-state index in [0.717, 1.165) is 17.0 Å². The fourth-order valence-corrected chi connectivity index (χ4v) is 3.10. The van der Waals surface area contributed by atoms with Crippen LogP contribution >= 0.6 is 0 Å². The molecule has 0 radical (unpaired) electrons. The van der Waals surface area contributed by atoms with E-state index in [-0.39, 0.29) is 24.2 Å². The van der Waals surface area contributed by atoms with Gasteiger partial charge >= 0.3 is 0 Å². The highest BCUT2D eigenvalue weighted by Gasteiger charge is 2.36. The predicted molar refractivity (Wildman–Crippen MR) is 93.1 cm³/mol. The molecule has 1 saturated heterocycles. The Labute approximate surface area is 146 Å². The maximum atomic E-state index is 12.7. The zero-order chi connectivity index (χ0) is 18.0. The minimum absolute atomic E-state index is 0.0202. The molecule has 1 aromatic heterocycles. The Kier molecular flexibility index (Phi) is 4.74. The molecule has 0 unspecified atom stereocenters. The number of aromatic nitrogens is 2. The second-order valence-electron chi connectivity index (χ2n) is 6.32. The summed E-state index contributed by atoms with van der Waals surface area (Å²) in [6.07, 6.45) is 3.86. The summed E-state index contributed by atoms with van der Waals surface area (Å²) in [5, 5.41) is 4.11. The molecule has 0 aliphatic carbocycles. The number of hydrogen-bond donors (Lipinski definition) is 0. The lowest BCUT2D eigenvalue weighted by Gasteiger charge is -2.21. The third kappa shape index (κ3) is 3.65. The Hall–Kier alpha value is -2.83. The first-order valence-corrected chi connectivity index (χ1v) is 8.15. The third-order valence-electron chi connectivity index (χ3n) is 4.41. The van der Waals surface area contributed by atoms with Gasteiger partial charge in [-0.15, -0.1) is 0 Å². The number of carbonyl (C=O) groups is 2. The van der Waals surface area contributed by atoms with Crippen LogP contribution in [0.25, 0.3) is 0 Å². The third-order valence-corrected chi connectivity index (χ3v) is 4.41. The molecule has 0 spiro atoms. The van der Waals surface area contributed by atoms with Crippen molar-refractivity contribution in [3.63, 3.8) is 0 Å². The maximum Gasteiger partial charge on any atom is 0.228 e. The van der Waals surface area contributed by atoms with Gasteiger partial charge in [0.1, 0.15) is 5.75 Å². The van der Waals surface area contributed by atoms with Crippen LogP contribution in [0.5, 0.6) is 5.75 Å². The highest BCUT2D eigenvalue weighted by molar-refractivity contribution is 6.00. The standard InChI is InChI=1S/C18H22N4O3/c1-20(10-13-9-19-21(2)11-13)18(24)14-8-17(23)22(12-14)15-4-6-16(25-3)7-5-15/h4-7,9,11,14H,8,10,12H2,1-3H3/t14-/m1/s1. The Morgan fingerprint density at radius 2 is 2.08 bits per heavy atom. The van der Waals surface area contributed by atoms with Crippen molar-refractivity contribution in [3.8, 4) is 5.75 Å². The van der Waals surface area contributed by atoms with E-state index in [4.69, 9.17) is 4.74 Å². The summed E-state index contributed by atoms with van der Waals surface area (Å²) in [6.45, 7) is 0.890. The van der Waals surface area contributed by atoms with Gasteiger partial charge in [0, 0.05) is 51.1 Å². The molecular weight excluding hydrogens is 320 g/mol. The number of amides is 2. The van der Waals surface area contributed by atoms with Gasteiger partial charge in [0.25, 0.3) is 0 Å². The van der Waals surface area contributed by atoms with Crippen molar-refractivity contribution in [3.05, 3.63) is 42.2 Å². The number of rotatable bonds is 5. The van der Waals surface area contributed by atoms with Crippen LogP contribution in [0.4, 0.5) is 5.69 Å². The number of carbonyl (C=O) groups excluding carboxylic acids is 2. The quantitative estimate of drug-likeness (QED) is 0.825. The largest absolute Gasteiger partial charge is 0.497 e. The monoisotopic (exact) mass is 342 g/mol. The van der Waals surface area contributed by atoms with Gasteiger partial charge in [-0.05, 0) is 24.3 Å². The van der Waals surface area contributed by atoms with Crippen LogP contribution in [0.2, 0.25) is 0 Å². The highest BCUT2D eigenvalue weighted by atomic mass is 16.5. The molecule has 0 saturated carbocycles. The van der Waals surface area contributed by atoms with Crippen molar-refractivity contribution >= 4 is 17.5 Å². The minimum atomic E-state index is -0.323. The van der Waals surface area contributed by atoms with Crippen LogP contribution < -0.4 is 9.64 Å². The average molecular weight is 342 g/mol. The van der Waals surface area contributed by atoms with Crippen LogP contribution in [0.3, 0.4) is 0 Å². The zero-order valence-electron chi connectivity index (χ0n) is 14.7. The van der Waals surface area contributed by atoms with Crippen LogP contribution in [0.15, 0.2) is 36.7 Å². The molecule has 1 aliphatic heterocycles. The minimum Gasteiger partial charge on any atom is -0.497 e. The van der Waals surface area contributed by atoms with Gasteiger partial charge < -0.3 is 14.5 Å². The molecule has 132 valence electrons. The van der Waals surface area contributed by atoms with Gasteiger partial charge in [-0.25, -0.2) is 0 Å². The molecule has 7 heteroatoms. The normalized spacial score (nSPS) is 17.0. The number of nitrogens with zero attached hydrogens (tertiary/aromatic N) is 4. The molecule has 1 aromatic carbocycles. The number of ether oxygens (including phenoxy) is 1. The molecule has 3 rings (SSSR count). The molecule has 7 nitrogen and oxygen atoms in total. The van der Waals surface area contributed by atoms with Gasteiger partial charge in [0.05, 0.1) is 19.2 Å². The second kappa shape index (κ2) is 6.96. The van der Waals surface area contributed by atoms with Gasteiger partial charge in [-0.2, -0.15) is 5.10 Å². The van der Waals surface area contributed by atoms with Crippen LogP contribution in [0, 0.1) is 5.92 Å². The lowest BCUT2D eigenvalue weighted by atomic mass is 10.1. The summed E-state index contributed by atoms with van der Waals surface area (Å²) in [7, 11) is 5.20. The summed E-state index contributed by atoms with van der Waals surface area (Å²) in [5.41, 5.74) is 1.76. The second-order valence-corrected chi connectivity index (χ2v) is 6.32. The number of hydrogen-bond acceptors (Lipinski definition) is 4. The zero-order valence-corrected chi connectivity index (χ0v) is 14.7. The molecule has 2 heterocycles. The van der Waals surface area contributed by atoms with Crippen molar-refractivity contribution in [2.24, 2.45) is 13.0 Å². The molecule has 1 aliphatic rings. The van der Waals surface area contributed by atoms with Crippen molar-refractivity contribution in [2.75, 3.05) is 25.6 Å². The fourth-order valence-electron chi connectivity index (χ4n) is 3.10. The van der Waals surface area contributed by atoms with E-state index < -0.39 is 0 Å². The molecule has 2 aromatic rings. The van der Waals surface area contributed by atoms with Gasteiger partial charge in [-0.3, -0.25) is 14.3 Å². The Morgan fingerprint density at radius 3 is 2.68 bits per heavy atom. The van der Waals surface area contributed by atoms with Crippen molar-refractivity contribution < 1.29 is 14.3 Å². The number of anilines is 1. The molecular formula is C18H22N4O3. The Bertz CT molecular complexity index is 769. The number of methoxy groups -OCH3 is 1. The highest BCUT2D eigenvalue weighted by Crippen LogP contribution is 2.27. The van der Waals surface area contributed by atoms with E-state index in [1.165, 1.54) is 0 Å². The van der Waals surface area contributed by atoms with Crippen LogP contribution in [-0.4, -0.2) is 47.2 Å². The van der Waals surface area contributed by atoms with Gasteiger partial charge in [0.2, 0.25) is 11.8 Å². The van der Waals surface area contributed by atoms with E-state index in [2.05, 4.69) is 5.10 Å². The molecule has 0 N–H and O–H groups in total. The lowest BCUT2D eigenvalue weighted by Crippen LogP contribution is -2.34. The molecule has 25 heavy (non-hydrogen) atoms. The fraction of sp³-hybridized carbons (Fsp3) is 0.389. The SMILES string of the molecule is COc1ccc(N2C[C@H](C(=O)N(C)Cc3cnn(C)c3)CC2=O)cc1. The van der Waals surface area contributed by atoms with Crippen LogP contribution in [0.1, 0.15) is 12.0 Å². The van der Waals surface area contributed by atoms with Crippen molar-refractivity contribution in [2.45, 2.75) is 13.0 Å². The van der Waals surface area contributed by atoms with Crippen molar-refractivity contribution in [1.29, 1.82) is 0 Å². The van der Waals surface area contributed by atoms with E-state index in [1.54, 1.807) is 34.8 Å². The topological polar surface area (TPSA) is 67.7 Å². The Morgan fingerprint density at radius 1 is 1.36 bits per heavy atom. The molecule has 1 fully saturated rings. The molecule has 1 atom stereocenters. The predicted octanol–water partition coefficient (Wildman–Crippen LogP) is 1.44. The van der Waals surface area contributed by atoms with Gasteiger partial charge in [0.15, 0.2) is 0 Å². The number of aryl methyl sites for hydroxylation is 1. The average Bonchev–Trinajstić information content (AvgIpc) is 3.20. The Balaban J connectivity index is 1.65. The van der Waals surface area contributed by atoms with Gasteiger partial charge in [-0.1, -0.05) is 0 Å². The maximum absolute atomic E-state index is 12.7. The van der Waals surface area contributed by atoms with E-state index in [0.29, 0.717) is 13.1 Å². The first-order chi connectivity index (χ1) is 12.0. The van der Waals surface area contributed by atoms with E-state index in [1.807, 2.05) is 37.5 Å². The van der Waals surface area contributed by atoms with Crippen LogP contribution in [-0.2, 0) is 23.2 Å². The molecule has 0 bridgehead atoms. The van der Waals surface area contributed by atoms with Crippen molar-refractivity contribution in [1.82, 2.24) is 14.7 Å². The first-order valence-electron chi connectivity index (χ1n) is 8.15. The molecule has 2 amide bonds. The first kappa shape index (κ1) is 17.0. The summed E-state index contributed by atoms with van der Waals surface area (Å²) >= 11 is 0. The van der Waals surface area contributed by atoms with E-state index in [9.17, 15) is 9.59 Å². The van der Waals surface area contributed by atoms with E-state index >= 15 is 0 Å². The summed E-state index contributed by atoms with van der Waals surface area (Å²) < 4.78 is 6.84. The summed E-state index contributed by atoms with van der Waals surface area (Å²) in [5.74, 6) is 0.363. The lowest BCUT2D eigenvalue weighted by molar-refractivity contribution is -0.135.